The second kappa shape index (κ2) is 10.8. The topological polar surface area (TPSA) is 121 Å². The minimum absolute atomic E-state index is 0.0176. The summed E-state index contributed by atoms with van der Waals surface area (Å²) in [5, 5.41) is 18.8. The predicted molar refractivity (Wildman–Crippen MR) is 139 cm³/mol. The van der Waals surface area contributed by atoms with Crippen LogP contribution in [0.1, 0.15) is 31.7 Å². The number of nitrogen functional groups attached to an aromatic ring is 1. The van der Waals surface area contributed by atoms with Crippen molar-refractivity contribution in [2.75, 3.05) is 43.4 Å². The number of nitrogens with zero attached hydrogens (tertiary/aromatic N) is 7. The van der Waals surface area contributed by atoms with Crippen LogP contribution in [-0.2, 0) is 6.54 Å². The van der Waals surface area contributed by atoms with Crippen LogP contribution in [0.2, 0.25) is 10.2 Å². The molecule has 192 valence electrons. The molecule has 2 saturated heterocycles. The Morgan fingerprint density at radius 2 is 1.81 bits per heavy atom. The summed E-state index contributed by atoms with van der Waals surface area (Å²) in [6.07, 6.45) is 3.30. The summed E-state index contributed by atoms with van der Waals surface area (Å²) in [4.78, 5) is 15.9. The highest BCUT2D eigenvalue weighted by Gasteiger charge is 2.34. The zero-order chi connectivity index (χ0) is 25.2. The Morgan fingerprint density at radius 1 is 1.06 bits per heavy atom. The second-order valence-electron chi connectivity index (χ2n) is 9.34. The summed E-state index contributed by atoms with van der Waals surface area (Å²) in [7, 11) is 0. The standard InChI is InChI=1S/C24H30Cl2N8O2/c1-2-17-14-33(21-20(26)28-19(22(35)29-21)23-30-31-24(27)36-23)11-12-34(17)18-7-9-32(10-8-18)13-15-3-5-16(25)6-4-15/h3-6,17-18H,2,7-14H2,1H3,(H2,27,31)(H,29,35)/t17-/m0/s1. The van der Waals surface area contributed by atoms with Crippen LogP contribution >= 0.6 is 23.2 Å². The lowest BCUT2D eigenvalue weighted by molar-refractivity contribution is 0.0610. The van der Waals surface area contributed by atoms with E-state index in [2.05, 4.69) is 53.9 Å². The van der Waals surface area contributed by atoms with Gasteiger partial charge in [0.05, 0.1) is 0 Å². The Labute approximate surface area is 220 Å². The number of hydrogen-bond donors (Lipinski definition) is 2. The van der Waals surface area contributed by atoms with E-state index in [9.17, 15) is 5.11 Å². The summed E-state index contributed by atoms with van der Waals surface area (Å²) < 4.78 is 5.16. The molecule has 3 N–H and O–H groups in total. The molecule has 1 atom stereocenters. The molecule has 3 aromatic rings. The molecule has 2 fully saturated rings. The number of aromatic hydroxyl groups is 1. The first kappa shape index (κ1) is 25.0. The van der Waals surface area contributed by atoms with Gasteiger partial charge in [-0.25, -0.2) is 4.98 Å². The third-order valence-corrected chi connectivity index (χ3v) is 7.61. The van der Waals surface area contributed by atoms with Crippen molar-refractivity contribution in [3.05, 3.63) is 40.0 Å². The summed E-state index contributed by atoms with van der Waals surface area (Å²) in [6.45, 7) is 7.76. The summed E-state index contributed by atoms with van der Waals surface area (Å²) in [5.41, 5.74) is 6.80. The zero-order valence-corrected chi connectivity index (χ0v) is 21.7. The predicted octanol–water partition coefficient (Wildman–Crippen LogP) is 3.69. The first-order valence-corrected chi connectivity index (χ1v) is 13.0. The van der Waals surface area contributed by atoms with Crippen molar-refractivity contribution in [2.45, 2.75) is 44.8 Å². The van der Waals surface area contributed by atoms with Gasteiger partial charge >= 0.3 is 6.01 Å². The van der Waals surface area contributed by atoms with Gasteiger partial charge in [-0.3, -0.25) is 9.80 Å². The number of anilines is 2. The molecule has 0 saturated carbocycles. The van der Waals surface area contributed by atoms with Crippen molar-refractivity contribution in [3.63, 3.8) is 0 Å². The molecule has 0 aliphatic carbocycles. The molecule has 2 aliphatic rings. The second-order valence-corrected chi connectivity index (χ2v) is 10.1. The van der Waals surface area contributed by atoms with Crippen LogP contribution in [0.3, 0.4) is 0 Å². The number of halogens is 2. The first-order valence-electron chi connectivity index (χ1n) is 12.2. The van der Waals surface area contributed by atoms with Gasteiger partial charge in [0.15, 0.2) is 16.7 Å². The lowest BCUT2D eigenvalue weighted by Crippen LogP contribution is -2.58. The number of aromatic nitrogens is 4. The minimum atomic E-state index is -0.318. The monoisotopic (exact) mass is 532 g/mol. The molecule has 1 aromatic carbocycles. The molecule has 36 heavy (non-hydrogen) atoms. The van der Waals surface area contributed by atoms with E-state index in [0.29, 0.717) is 17.9 Å². The van der Waals surface area contributed by atoms with Crippen LogP contribution in [0.25, 0.3) is 11.6 Å². The third-order valence-electron chi connectivity index (χ3n) is 7.11. The molecule has 0 spiro atoms. The SMILES string of the molecule is CC[C@H]1CN(c2nc(O)c(-c3nnc(N)o3)nc2Cl)CCN1C1CCN(Cc2ccc(Cl)cc2)CC1. The highest BCUT2D eigenvalue weighted by molar-refractivity contribution is 6.32. The number of likely N-dealkylation sites (tertiary alicyclic amines) is 1. The van der Waals surface area contributed by atoms with Gasteiger partial charge < -0.3 is 20.2 Å². The number of piperidine rings is 1. The van der Waals surface area contributed by atoms with E-state index in [4.69, 9.17) is 33.4 Å². The molecule has 4 heterocycles. The number of nitrogens with two attached hydrogens (primary N) is 1. The summed E-state index contributed by atoms with van der Waals surface area (Å²) in [6, 6.07) is 8.93. The Hall–Kier alpha value is -2.66. The van der Waals surface area contributed by atoms with E-state index in [1.54, 1.807) is 0 Å². The first-order chi connectivity index (χ1) is 17.4. The molecule has 2 aliphatic heterocycles. The fourth-order valence-corrected chi connectivity index (χ4v) is 5.61. The third kappa shape index (κ3) is 5.36. The molecule has 0 unspecified atom stereocenters. The van der Waals surface area contributed by atoms with E-state index in [0.717, 1.165) is 63.6 Å². The molecular weight excluding hydrogens is 503 g/mol. The highest BCUT2D eigenvalue weighted by Crippen LogP contribution is 2.34. The van der Waals surface area contributed by atoms with Crippen LogP contribution in [0.15, 0.2) is 28.7 Å². The normalized spacial score (nSPS) is 20.2. The maximum absolute atomic E-state index is 10.5. The fourth-order valence-electron chi connectivity index (χ4n) is 5.24. The molecule has 12 heteroatoms. The van der Waals surface area contributed by atoms with E-state index in [-0.39, 0.29) is 28.6 Å². The zero-order valence-electron chi connectivity index (χ0n) is 20.1. The average Bonchev–Trinajstić information content (AvgIpc) is 3.32. The highest BCUT2D eigenvalue weighted by atomic mass is 35.5. The largest absolute Gasteiger partial charge is 0.492 e. The molecule has 0 amide bonds. The van der Waals surface area contributed by atoms with Crippen molar-refractivity contribution in [1.29, 1.82) is 0 Å². The van der Waals surface area contributed by atoms with Crippen LogP contribution < -0.4 is 10.6 Å². The molecule has 2 aromatic heterocycles. The summed E-state index contributed by atoms with van der Waals surface area (Å²) in [5.74, 6) is 0.118. The van der Waals surface area contributed by atoms with Crippen LogP contribution in [0.5, 0.6) is 5.88 Å². The molecule has 5 rings (SSSR count). The van der Waals surface area contributed by atoms with E-state index >= 15 is 0 Å². The van der Waals surface area contributed by atoms with Crippen molar-refractivity contribution in [2.24, 2.45) is 0 Å². The molecular formula is C24H30Cl2N8O2. The Balaban J connectivity index is 1.21. The van der Waals surface area contributed by atoms with E-state index in [1.807, 2.05) is 12.1 Å². The van der Waals surface area contributed by atoms with Crippen molar-refractivity contribution in [1.82, 2.24) is 30.0 Å². The van der Waals surface area contributed by atoms with Crippen molar-refractivity contribution in [3.8, 4) is 17.5 Å². The quantitative estimate of drug-likeness (QED) is 0.485. The molecule has 0 radical (unpaired) electrons. The van der Waals surface area contributed by atoms with Gasteiger partial charge in [0.1, 0.15) is 0 Å². The van der Waals surface area contributed by atoms with Crippen molar-refractivity contribution >= 4 is 35.0 Å². The van der Waals surface area contributed by atoms with Gasteiger partial charge in [-0.15, -0.1) is 5.10 Å². The molecule has 10 nitrogen and oxygen atoms in total. The van der Waals surface area contributed by atoms with Crippen molar-refractivity contribution < 1.29 is 9.52 Å². The number of benzene rings is 1. The van der Waals surface area contributed by atoms with Gasteiger partial charge in [0, 0.05) is 43.3 Å². The van der Waals surface area contributed by atoms with E-state index < -0.39 is 0 Å². The van der Waals surface area contributed by atoms with Gasteiger partial charge in [0.25, 0.3) is 5.89 Å². The van der Waals surface area contributed by atoms with Crippen LogP contribution in [-0.4, -0.2) is 79.9 Å². The maximum Gasteiger partial charge on any atom is 0.313 e. The number of rotatable bonds is 6. The Kier molecular flexibility index (Phi) is 7.47. The Morgan fingerprint density at radius 3 is 2.47 bits per heavy atom. The minimum Gasteiger partial charge on any atom is -0.492 e. The Bertz CT molecular complexity index is 1180. The van der Waals surface area contributed by atoms with Gasteiger partial charge in [-0.2, -0.15) is 4.98 Å². The lowest BCUT2D eigenvalue weighted by atomic mass is 9.98. The van der Waals surface area contributed by atoms with Gasteiger partial charge in [-0.1, -0.05) is 47.4 Å². The number of hydrogen-bond acceptors (Lipinski definition) is 10. The van der Waals surface area contributed by atoms with Crippen LogP contribution in [0, 0.1) is 0 Å². The molecule has 0 bridgehead atoms. The van der Waals surface area contributed by atoms with E-state index in [1.165, 1.54) is 5.56 Å². The van der Waals surface area contributed by atoms with Crippen LogP contribution in [0.4, 0.5) is 11.8 Å². The summed E-state index contributed by atoms with van der Waals surface area (Å²) >= 11 is 12.5. The van der Waals surface area contributed by atoms with Gasteiger partial charge in [-0.05, 0) is 50.0 Å². The lowest BCUT2D eigenvalue weighted by Gasteiger charge is -2.47. The fraction of sp³-hybridized carbons (Fsp3) is 0.500. The van der Waals surface area contributed by atoms with Gasteiger partial charge in [0.2, 0.25) is 5.88 Å². The average molecular weight is 533 g/mol. The number of piperazine rings is 1. The smallest absolute Gasteiger partial charge is 0.313 e. The maximum atomic E-state index is 10.5.